The van der Waals surface area contributed by atoms with Crippen molar-refractivity contribution in [3.63, 3.8) is 0 Å². The van der Waals surface area contributed by atoms with Gasteiger partial charge in [0.15, 0.2) is 6.61 Å². The lowest BCUT2D eigenvalue weighted by Crippen LogP contribution is -2.51. The lowest BCUT2D eigenvalue weighted by Gasteiger charge is -2.30. The first-order chi connectivity index (χ1) is 14.5. The third-order valence-electron chi connectivity index (χ3n) is 4.86. The van der Waals surface area contributed by atoms with Gasteiger partial charge in [-0.1, -0.05) is 68.3 Å². The molecule has 0 fully saturated rings. The van der Waals surface area contributed by atoms with Crippen LogP contribution in [0.25, 0.3) is 0 Å². The number of benzene rings is 2. The summed E-state index contributed by atoms with van der Waals surface area (Å²) in [6.07, 6.45) is 3.12. The van der Waals surface area contributed by atoms with E-state index in [4.69, 9.17) is 16.3 Å². The number of halogens is 1. The minimum atomic E-state index is -0.527. The highest BCUT2D eigenvalue weighted by atomic mass is 35.5. The zero-order valence-corrected chi connectivity index (χ0v) is 18.5. The van der Waals surface area contributed by atoms with Gasteiger partial charge in [0.1, 0.15) is 11.8 Å². The lowest BCUT2D eigenvalue weighted by atomic mass is 10.1. The molecule has 1 unspecified atom stereocenters. The van der Waals surface area contributed by atoms with Gasteiger partial charge in [0.2, 0.25) is 5.91 Å². The van der Waals surface area contributed by atoms with Crippen molar-refractivity contribution in [2.45, 2.75) is 45.6 Å². The standard InChI is InChI=1S/C24H31ClN2O3/c1-3-5-15-26-24(29)22(4-2)27(16-14-19-10-7-6-8-11-19)23(28)18-30-21-13-9-12-20(25)17-21/h6-13,17,22H,3-5,14-16,18H2,1-2H3,(H,26,29). The van der Waals surface area contributed by atoms with E-state index >= 15 is 0 Å². The Morgan fingerprint density at radius 1 is 1.10 bits per heavy atom. The molecule has 2 amide bonds. The first-order valence-corrected chi connectivity index (χ1v) is 10.9. The molecule has 2 aromatic rings. The van der Waals surface area contributed by atoms with E-state index in [1.165, 1.54) is 0 Å². The molecule has 5 nitrogen and oxygen atoms in total. The summed E-state index contributed by atoms with van der Waals surface area (Å²) >= 11 is 5.99. The van der Waals surface area contributed by atoms with Gasteiger partial charge in [-0.25, -0.2) is 0 Å². The minimum absolute atomic E-state index is 0.116. The molecule has 0 aliphatic heterocycles. The van der Waals surface area contributed by atoms with Crippen LogP contribution >= 0.6 is 11.6 Å². The summed E-state index contributed by atoms with van der Waals surface area (Å²) in [4.78, 5) is 27.4. The number of carbonyl (C=O) groups is 2. The van der Waals surface area contributed by atoms with Crippen molar-refractivity contribution in [1.29, 1.82) is 0 Å². The van der Waals surface area contributed by atoms with Crippen LogP contribution in [0.1, 0.15) is 38.7 Å². The van der Waals surface area contributed by atoms with E-state index in [9.17, 15) is 9.59 Å². The predicted molar refractivity (Wildman–Crippen MR) is 121 cm³/mol. The van der Waals surface area contributed by atoms with Gasteiger partial charge in [-0.05, 0) is 43.0 Å². The Hall–Kier alpha value is -2.53. The Morgan fingerprint density at radius 3 is 2.53 bits per heavy atom. The molecule has 0 aliphatic rings. The van der Waals surface area contributed by atoms with E-state index in [0.717, 1.165) is 18.4 Å². The summed E-state index contributed by atoms with van der Waals surface area (Å²) in [6.45, 7) is 4.91. The number of hydrogen-bond donors (Lipinski definition) is 1. The van der Waals surface area contributed by atoms with Crippen molar-refractivity contribution < 1.29 is 14.3 Å². The monoisotopic (exact) mass is 430 g/mol. The Bertz CT molecular complexity index is 798. The Kier molecular flexibility index (Phi) is 10.2. The molecule has 0 radical (unpaired) electrons. The quantitative estimate of drug-likeness (QED) is 0.505. The van der Waals surface area contributed by atoms with Crippen LogP contribution in [0.4, 0.5) is 0 Å². The van der Waals surface area contributed by atoms with E-state index < -0.39 is 6.04 Å². The molecule has 0 spiro atoms. The summed E-state index contributed by atoms with van der Waals surface area (Å²) < 4.78 is 5.65. The van der Waals surface area contributed by atoms with Crippen LogP contribution in [0.5, 0.6) is 5.75 Å². The molecule has 2 aromatic carbocycles. The van der Waals surface area contributed by atoms with E-state index in [1.807, 2.05) is 37.3 Å². The first kappa shape index (κ1) is 23.7. The van der Waals surface area contributed by atoms with Crippen molar-refractivity contribution in [2.24, 2.45) is 0 Å². The number of carbonyl (C=O) groups excluding carboxylic acids is 2. The molecule has 162 valence electrons. The highest BCUT2D eigenvalue weighted by molar-refractivity contribution is 6.30. The highest BCUT2D eigenvalue weighted by Crippen LogP contribution is 2.17. The average Bonchev–Trinajstić information content (AvgIpc) is 2.75. The van der Waals surface area contributed by atoms with Crippen LogP contribution in [0.2, 0.25) is 5.02 Å². The molecule has 30 heavy (non-hydrogen) atoms. The van der Waals surface area contributed by atoms with Gasteiger partial charge in [-0.2, -0.15) is 0 Å². The maximum atomic E-state index is 13.0. The van der Waals surface area contributed by atoms with Crippen molar-refractivity contribution in [3.05, 3.63) is 65.2 Å². The maximum absolute atomic E-state index is 13.0. The van der Waals surface area contributed by atoms with Crippen molar-refractivity contribution >= 4 is 23.4 Å². The summed E-state index contributed by atoms with van der Waals surface area (Å²) in [7, 11) is 0. The molecule has 0 saturated heterocycles. The molecule has 0 heterocycles. The summed E-state index contributed by atoms with van der Waals surface area (Å²) in [5.41, 5.74) is 1.12. The summed E-state index contributed by atoms with van der Waals surface area (Å²) in [5.74, 6) is 0.192. The van der Waals surface area contributed by atoms with Crippen LogP contribution in [-0.2, 0) is 16.0 Å². The van der Waals surface area contributed by atoms with Crippen molar-refractivity contribution in [1.82, 2.24) is 10.2 Å². The Labute approximate surface area is 184 Å². The van der Waals surface area contributed by atoms with Crippen molar-refractivity contribution in [3.8, 4) is 5.75 Å². The molecule has 1 atom stereocenters. The third kappa shape index (κ3) is 7.71. The molecule has 0 bridgehead atoms. The molecule has 0 aromatic heterocycles. The second-order valence-corrected chi connectivity index (χ2v) is 7.57. The zero-order chi connectivity index (χ0) is 21.8. The van der Waals surface area contributed by atoms with Gasteiger partial charge < -0.3 is 15.0 Å². The zero-order valence-electron chi connectivity index (χ0n) is 17.8. The maximum Gasteiger partial charge on any atom is 0.261 e. The third-order valence-corrected chi connectivity index (χ3v) is 5.09. The molecule has 2 rings (SSSR count). The first-order valence-electron chi connectivity index (χ1n) is 10.5. The van der Waals surface area contributed by atoms with Gasteiger partial charge in [-0.15, -0.1) is 0 Å². The van der Waals surface area contributed by atoms with Gasteiger partial charge in [-0.3, -0.25) is 9.59 Å². The smallest absolute Gasteiger partial charge is 0.261 e. The second kappa shape index (κ2) is 12.9. The van der Waals surface area contributed by atoms with Crippen LogP contribution in [0.15, 0.2) is 54.6 Å². The summed E-state index contributed by atoms with van der Waals surface area (Å²) in [5, 5.41) is 3.50. The van der Waals surface area contributed by atoms with E-state index in [2.05, 4.69) is 12.2 Å². The Balaban J connectivity index is 2.09. The number of nitrogens with one attached hydrogen (secondary N) is 1. The van der Waals surface area contributed by atoms with Gasteiger partial charge in [0.25, 0.3) is 5.91 Å². The van der Waals surface area contributed by atoms with Gasteiger partial charge >= 0.3 is 0 Å². The van der Waals surface area contributed by atoms with E-state index in [0.29, 0.717) is 36.7 Å². The normalized spacial score (nSPS) is 11.6. The van der Waals surface area contributed by atoms with E-state index in [-0.39, 0.29) is 18.4 Å². The molecule has 0 saturated carbocycles. The molecular weight excluding hydrogens is 400 g/mol. The second-order valence-electron chi connectivity index (χ2n) is 7.14. The number of unbranched alkanes of at least 4 members (excludes halogenated alkanes) is 1. The topological polar surface area (TPSA) is 58.6 Å². The summed E-state index contributed by atoms with van der Waals surface area (Å²) in [6, 6.07) is 16.3. The van der Waals surface area contributed by atoms with Crippen molar-refractivity contribution in [2.75, 3.05) is 19.7 Å². The van der Waals surface area contributed by atoms with Crippen LogP contribution in [0, 0.1) is 0 Å². The van der Waals surface area contributed by atoms with Crippen LogP contribution < -0.4 is 10.1 Å². The minimum Gasteiger partial charge on any atom is -0.484 e. The number of nitrogens with zero attached hydrogens (tertiary/aromatic N) is 1. The van der Waals surface area contributed by atoms with Gasteiger partial charge in [0, 0.05) is 18.1 Å². The molecule has 6 heteroatoms. The largest absolute Gasteiger partial charge is 0.484 e. The van der Waals surface area contributed by atoms with Crippen LogP contribution in [0.3, 0.4) is 0 Å². The number of amides is 2. The highest BCUT2D eigenvalue weighted by Gasteiger charge is 2.28. The van der Waals surface area contributed by atoms with Crippen LogP contribution in [-0.4, -0.2) is 42.5 Å². The average molecular weight is 431 g/mol. The van der Waals surface area contributed by atoms with Gasteiger partial charge in [0.05, 0.1) is 0 Å². The fourth-order valence-electron chi connectivity index (χ4n) is 3.19. The predicted octanol–water partition coefficient (Wildman–Crippen LogP) is 4.49. The SMILES string of the molecule is CCCCNC(=O)C(CC)N(CCc1ccccc1)C(=O)COc1cccc(Cl)c1. The number of hydrogen-bond acceptors (Lipinski definition) is 3. The molecule has 1 N–H and O–H groups in total. The lowest BCUT2D eigenvalue weighted by molar-refractivity contribution is -0.142. The number of ether oxygens (including phenoxy) is 1. The number of rotatable bonds is 12. The Morgan fingerprint density at radius 2 is 1.87 bits per heavy atom. The van der Waals surface area contributed by atoms with E-state index in [1.54, 1.807) is 29.2 Å². The molecule has 0 aliphatic carbocycles. The fraction of sp³-hybridized carbons (Fsp3) is 0.417. The molecular formula is C24H31ClN2O3. The fourth-order valence-corrected chi connectivity index (χ4v) is 3.37.